The molecule has 0 aliphatic rings. The van der Waals surface area contributed by atoms with Crippen LogP contribution in [-0.2, 0) is 6.42 Å². The van der Waals surface area contributed by atoms with Gasteiger partial charge in [-0.3, -0.25) is 9.55 Å². The normalized spacial score (nSPS) is 13.1. The third-order valence-corrected chi connectivity index (χ3v) is 5.71. The first-order valence-corrected chi connectivity index (χ1v) is 9.64. The van der Waals surface area contributed by atoms with Crippen LogP contribution in [0.2, 0.25) is 0 Å². The molecule has 4 rings (SSSR count). The van der Waals surface area contributed by atoms with Crippen molar-refractivity contribution in [2.45, 2.75) is 34.1 Å². The maximum Gasteiger partial charge on any atom is 0.353 e. The van der Waals surface area contributed by atoms with Crippen molar-refractivity contribution >= 4 is 38.3 Å². The minimum atomic E-state index is -0.391. The Hall–Kier alpha value is -2.80. The van der Waals surface area contributed by atoms with E-state index >= 15 is 0 Å². The Kier molecular flexibility index (Phi) is 4.19. The van der Waals surface area contributed by atoms with Gasteiger partial charge in [0.1, 0.15) is 16.1 Å². The third-order valence-electron chi connectivity index (χ3n) is 4.51. The number of aliphatic hydroxyl groups excluding tert-OH is 1. The zero-order valence-electron chi connectivity index (χ0n) is 15.6. The Morgan fingerprint density at radius 1 is 1.33 bits per heavy atom. The molecule has 0 spiro atoms. The maximum absolute atomic E-state index is 12.9. The maximum atomic E-state index is 12.9. The van der Waals surface area contributed by atoms with Crippen molar-refractivity contribution in [3.63, 3.8) is 0 Å². The number of hydrogen-bond acceptors (Lipinski definition) is 6. The summed E-state index contributed by atoms with van der Waals surface area (Å²) in [4.78, 5) is 26.9. The molecule has 0 amide bonds. The molecule has 4 heterocycles. The topological polar surface area (TPSA) is 80.9 Å². The first kappa shape index (κ1) is 17.6. The van der Waals surface area contributed by atoms with Crippen molar-refractivity contribution in [1.29, 1.82) is 0 Å². The van der Waals surface area contributed by atoms with Crippen molar-refractivity contribution in [2.75, 3.05) is 0 Å². The number of rotatable bonds is 3. The van der Waals surface area contributed by atoms with E-state index in [0.29, 0.717) is 21.7 Å². The van der Waals surface area contributed by atoms with Gasteiger partial charge in [0, 0.05) is 11.9 Å². The van der Waals surface area contributed by atoms with Crippen LogP contribution in [0.3, 0.4) is 0 Å². The molecule has 27 heavy (non-hydrogen) atoms. The average Bonchev–Trinajstić information content (AvgIpc) is 2.96. The third kappa shape index (κ3) is 2.88. The smallest absolute Gasteiger partial charge is 0.353 e. The SMILES string of the molecule is CC(O)=c1sc2nccc3c2c1nc(=O)n3-c1cnc(CC(C)C)cc1C. The Bertz CT molecular complexity index is 1280. The molecule has 0 unspecified atom stereocenters. The predicted molar refractivity (Wildman–Crippen MR) is 109 cm³/mol. The van der Waals surface area contributed by atoms with Crippen LogP contribution in [0.5, 0.6) is 0 Å². The van der Waals surface area contributed by atoms with Crippen molar-refractivity contribution in [2.24, 2.45) is 5.92 Å². The van der Waals surface area contributed by atoms with Crippen molar-refractivity contribution in [3.8, 4) is 5.69 Å². The van der Waals surface area contributed by atoms with Crippen LogP contribution in [-0.4, -0.2) is 24.6 Å². The van der Waals surface area contributed by atoms with E-state index in [1.807, 2.05) is 19.1 Å². The first-order valence-electron chi connectivity index (χ1n) is 8.82. The standard InChI is InChI=1S/C20H20N4O2S/c1-10(2)7-13-8-11(3)15(9-22-13)24-14-5-6-21-19-16(14)17(23-20(24)26)18(27-19)12(4)25/h5-6,8-10,25H,7H2,1-4H3. The molecule has 0 saturated carbocycles. The fourth-order valence-electron chi connectivity index (χ4n) is 3.38. The average molecular weight is 380 g/mol. The van der Waals surface area contributed by atoms with Crippen LogP contribution in [0.15, 0.2) is 29.3 Å². The second-order valence-electron chi connectivity index (χ2n) is 7.17. The van der Waals surface area contributed by atoms with Gasteiger partial charge in [0.25, 0.3) is 0 Å². The number of pyridine rings is 2. The molecule has 0 bridgehead atoms. The van der Waals surface area contributed by atoms with Gasteiger partial charge in [0.2, 0.25) is 0 Å². The Balaban J connectivity index is 2.05. The minimum Gasteiger partial charge on any atom is -0.511 e. The molecule has 0 aliphatic carbocycles. The zero-order valence-corrected chi connectivity index (χ0v) is 16.5. The summed E-state index contributed by atoms with van der Waals surface area (Å²) in [5.41, 5.74) is 3.53. The first-order chi connectivity index (χ1) is 12.9. The molecule has 7 heteroatoms. The van der Waals surface area contributed by atoms with E-state index in [-0.39, 0.29) is 5.76 Å². The molecule has 0 saturated heterocycles. The highest BCUT2D eigenvalue weighted by Crippen LogP contribution is 2.27. The van der Waals surface area contributed by atoms with E-state index in [4.69, 9.17) is 0 Å². The number of nitrogens with zero attached hydrogens (tertiary/aromatic N) is 4. The van der Waals surface area contributed by atoms with E-state index in [9.17, 15) is 9.90 Å². The van der Waals surface area contributed by atoms with Crippen LogP contribution in [0.4, 0.5) is 0 Å². The Morgan fingerprint density at radius 3 is 2.78 bits per heavy atom. The predicted octanol–water partition coefficient (Wildman–Crippen LogP) is 3.30. The monoisotopic (exact) mass is 380 g/mol. The van der Waals surface area contributed by atoms with Gasteiger partial charge >= 0.3 is 5.69 Å². The second-order valence-corrected chi connectivity index (χ2v) is 8.16. The van der Waals surface area contributed by atoms with Gasteiger partial charge in [-0.2, -0.15) is 4.98 Å². The van der Waals surface area contributed by atoms with Gasteiger partial charge in [0.15, 0.2) is 0 Å². The summed E-state index contributed by atoms with van der Waals surface area (Å²) in [6.45, 7) is 7.88. The van der Waals surface area contributed by atoms with Gasteiger partial charge in [-0.05, 0) is 43.9 Å². The molecular formula is C20H20N4O2S. The molecule has 0 aromatic carbocycles. The molecule has 0 radical (unpaired) electrons. The lowest BCUT2D eigenvalue weighted by Crippen LogP contribution is -2.24. The quantitative estimate of drug-likeness (QED) is 0.590. The molecule has 138 valence electrons. The summed E-state index contributed by atoms with van der Waals surface area (Å²) in [5, 5.41) is 10.8. The van der Waals surface area contributed by atoms with Gasteiger partial charge in [-0.25, -0.2) is 9.78 Å². The van der Waals surface area contributed by atoms with Gasteiger partial charge in [0.05, 0.1) is 27.3 Å². The Morgan fingerprint density at radius 2 is 2.11 bits per heavy atom. The number of aromatic nitrogens is 4. The summed E-state index contributed by atoms with van der Waals surface area (Å²) in [5.74, 6) is 0.652. The van der Waals surface area contributed by atoms with Crippen molar-refractivity contribution in [1.82, 2.24) is 19.5 Å². The summed E-state index contributed by atoms with van der Waals surface area (Å²) < 4.78 is 2.17. The van der Waals surface area contributed by atoms with Crippen molar-refractivity contribution < 1.29 is 5.11 Å². The minimum absolute atomic E-state index is 0.139. The van der Waals surface area contributed by atoms with E-state index < -0.39 is 5.69 Å². The molecule has 0 fully saturated rings. The number of thiophene rings is 1. The number of hydrogen-bond donors (Lipinski definition) is 1. The lowest BCUT2D eigenvalue weighted by molar-refractivity contribution is 0.501. The van der Waals surface area contributed by atoms with Crippen LogP contribution in [0, 0.1) is 12.8 Å². The summed E-state index contributed by atoms with van der Waals surface area (Å²) >= 11 is 1.34. The molecule has 1 N–H and O–H groups in total. The number of aliphatic hydroxyl groups is 1. The molecule has 4 aromatic rings. The van der Waals surface area contributed by atoms with E-state index in [1.54, 1.807) is 23.9 Å². The van der Waals surface area contributed by atoms with Crippen LogP contribution in [0.25, 0.3) is 32.7 Å². The molecular weight excluding hydrogens is 360 g/mol. The largest absolute Gasteiger partial charge is 0.511 e. The summed E-state index contributed by atoms with van der Waals surface area (Å²) in [6.07, 6.45) is 4.31. The molecule has 6 nitrogen and oxygen atoms in total. The van der Waals surface area contributed by atoms with E-state index in [0.717, 1.165) is 33.4 Å². The van der Waals surface area contributed by atoms with Gasteiger partial charge < -0.3 is 5.11 Å². The van der Waals surface area contributed by atoms with Gasteiger partial charge in [-0.1, -0.05) is 13.8 Å². The van der Waals surface area contributed by atoms with Gasteiger partial charge in [-0.15, -0.1) is 11.3 Å². The summed E-state index contributed by atoms with van der Waals surface area (Å²) in [7, 11) is 0. The fraction of sp³-hybridized carbons (Fsp3) is 0.300. The van der Waals surface area contributed by atoms with E-state index in [1.165, 1.54) is 11.3 Å². The lowest BCUT2D eigenvalue weighted by atomic mass is 10.1. The van der Waals surface area contributed by atoms with Crippen LogP contribution < -0.4 is 10.2 Å². The Labute approximate surface area is 159 Å². The highest BCUT2D eigenvalue weighted by atomic mass is 32.1. The second kappa shape index (κ2) is 6.42. The zero-order chi connectivity index (χ0) is 19.3. The molecule has 0 atom stereocenters. The lowest BCUT2D eigenvalue weighted by Gasteiger charge is -2.13. The highest BCUT2D eigenvalue weighted by Gasteiger charge is 2.18. The van der Waals surface area contributed by atoms with Crippen molar-refractivity contribution in [3.05, 3.63) is 50.8 Å². The summed E-state index contributed by atoms with van der Waals surface area (Å²) in [6, 6.07) is 3.84. The highest BCUT2D eigenvalue weighted by molar-refractivity contribution is 7.17. The van der Waals surface area contributed by atoms with E-state index in [2.05, 4.69) is 28.8 Å². The fourth-order valence-corrected chi connectivity index (χ4v) is 4.38. The van der Waals surface area contributed by atoms with Crippen LogP contribution in [0.1, 0.15) is 32.0 Å². The molecule has 4 aromatic heterocycles. The molecule has 0 aliphatic heterocycles. The van der Waals surface area contributed by atoms with Crippen LogP contribution >= 0.6 is 11.3 Å². The number of aryl methyl sites for hydroxylation is 1.